The third-order valence-corrected chi connectivity index (χ3v) is 3.79. The molecule has 1 aliphatic carbocycles. The number of likely N-dealkylation sites (tertiary alicyclic amines) is 1. The van der Waals surface area contributed by atoms with Gasteiger partial charge in [-0.1, -0.05) is 0 Å². The SMILES string of the molecule is COc1cnccc1C(=O)N1CC(O)(C2CC2)C1. The summed E-state index contributed by atoms with van der Waals surface area (Å²) in [5.74, 6) is 0.768. The van der Waals surface area contributed by atoms with Gasteiger partial charge in [-0.05, 0) is 24.8 Å². The summed E-state index contributed by atoms with van der Waals surface area (Å²) < 4.78 is 5.12. The summed E-state index contributed by atoms with van der Waals surface area (Å²) in [7, 11) is 1.52. The van der Waals surface area contributed by atoms with Crippen molar-refractivity contribution in [2.75, 3.05) is 20.2 Å². The van der Waals surface area contributed by atoms with E-state index in [4.69, 9.17) is 4.74 Å². The molecule has 1 aromatic rings. The molecule has 18 heavy (non-hydrogen) atoms. The normalized spacial score (nSPS) is 21.3. The highest BCUT2D eigenvalue weighted by molar-refractivity contribution is 5.97. The molecule has 0 unspecified atom stereocenters. The van der Waals surface area contributed by atoms with Gasteiger partial charge in [-0.15, -0.1) is 0 Å². The Morgan fingerprint density at radius 2 is 2.28 bits per heavy atom. The lowest BCUT2D eigenvalue weighted by Crippen LogP contribution is -2.64. The van der Waals surface area contributed by atoms with Crippen molar-refractivity contribution in [2.24, 2.45) is 5.92 Å². The van der Waals surface area contributed by atoms with E-state index in [0.29, 0.717) is 30.3 Å². The fraction of sp³-hybridized carbons (Fsp3) is 0.538. The van der Waals surface area contributed by atoms with E-state index < -0.39 is 5.60 Å². The largest absolute Gasteiger partial charge is 0.494 e. The quantitative estimate of drug-likeness (QED) is 0.854. The number of ether oxygens (including phenoxy) is 1. The first kappa shape index (κ1) is 11.5. The monoisotopic (exact) mass is 248 g/mol. The molecule has 1 saturated heterocycles. The first-order chi connectivity index (χ1) is 8.64. The summed E-state index contributed by atoms with van der Waals surface area (Å²) in [4.78, 5) is 17.8. The average Bonchev–Trinajstić information content (AvgIpc) is 3.18. The van der Waals surface area contributed by atoms with Crippen molar-refractivity contribution >= 4 is 5.91 Å². The van der Waals surface area contributed by atoms with Crippen molar-refractivity contribution in [3.05, 3.63) is 24.0 Å². The van der Waals surface area contributed by atoms with Crippen molar-refractivity contribution < 1.29 is 14.6 Å². The Hall–Kier alpha value is -1.62. The first-order valence-electron chi connectivity index (χ1n) is 6.14. The van der Waals surface area contributed by atoms with Crippen LogP contribution in [0.2, 0.25) is 0 Å². The molecular weight excluding hydrogens is 232 g/mol. The van der Waals surface area contributed by atoms with Crippen LogP contribution in [-0.2, 0) is 0 Å². The molecule has 0 bridgehead atoms. The summed E-state index contributed by atoms with van der Waals surface area (Å²) in [5, 5.41) is 10.2. The number of nitrogens with zero attached hydrogens (tertiary/aromatic N) is 2. The molecular formula is C13H16N2O3. The Kier molecular flexibility index (Phi) is 2.52. The van der Waals surface area contributed by atoms with Crippen LogP contribution in [0.1, 0.15) is 23.2 Å². The van der Waals surface area contributed by atoms with Gasteiger partial charge in [0.05, 0.1) is 32.0 Å². The highest BCUT2D eigenvalue weighted by Gasteiger charge is 2.53. The topological polar surface area (TPSA) is 62.7 Å². The third kappa shape index (κ3) is 1.75. The van der Waals surface area contributed by atoms with Crippen molar-refractivity contribution in [3.8, 4) is 5.75 Å². The predicted octanol–water partition coefficient (Wildman–Crippen LogP) is 0.687. The van der Waals surface area contributed by atoms with Crippen molar-refractivity contribution in [1.82, 2.24) is 9.88 Å². The molecule has 0 aromatic carbocycles. The van der Waals surface area contributed by atoms with Gasteiger partial charge < -0.3 is 14.7 Å². The number of amides is 1. The molecule has 1 amide bonds. The van der Waals surface area contributed by atoms with Crippen molar-refractivity contribution in [3.63, 3.8) is 0 Å². The molecule has 3 rings (SSSR count). The van der Waals surface area contributed by atoms with Gasteiger partial charge in [-0.2, -0.15) is 0 Å². The smallest absolute Gasteiger partial charge is 0.257 e. The standard InChI is InChI=1S/C13H16N2O3/c1-18-11-6-14-5-4-10(11)12(16)15-7-13(17,8-15)9-2-3-9/h4-6,9,17H,2-3,7-8H2,1H3. The second-order valence-electron chi connectivity index (χ2n) is 5.12. The van der Waals surface area contributed by atoms with E-state index in [0.717, 1.165) is 12.8 Å². The Balaban J connectivity index is 1.72. The number of β-amino-alcohol motifs (C(OH)–C–C–N with tert-alkyl or cyclic N) is 1. The molecule has 0 radical (unpaired) electrons. The Labute approximate surface area is 105 Å². The average molecular weight is 248 g/mol. The molecule has 5 nitrogen and oxygen atoms in total. The minimum Gasteiger partial charge on any atom is -0.494 e. The van der Waals surface area contributed by atoms with Crippen LogP contribution >= 0.6 is 0 Å². The molecule has 2 aliphatic rings. The summed E-state index contributed by atoms with van der Waals surface area (Å²) in [6.07, 6.45) is 5.26. The lowest BCUT2D eigenvalue weighted by Gasteiger charge is -2.47. The minimum atomic E-state index is -0.643. The van der Waals surface area contributed by atoms with Crippen LogP contribution < -0.4 is 4.74 Å². The number of rotatable bonds is 3. The molecule has 96 valence electrons. The van der Waals surface area contributed by atoms with Gasteiger partial charge >= 0.3 is 0 Å². The van der Waals surface area contributed by atoms with Gasteiger partial charge in [0, 0.05) is 6.20 Å². The lowest BCUT2D eigenvalue weighted by atomic mass is 9.88. The van der Waals surface area contributed by atoms with Gasteiger partial charge in [0.2, 0.25) is 0 Å². The molecule has 2 fully saturated rings. The zero-order valence-electron chi connectivity index (χ0n) is 10.3. The highest BCUT2D eigenvalue weighted by Crippen LogP contribution is 2.44. The van der Waals surface area contributed by atoms with Crippen LogP contribution in [0.4, 0.5) is 0 Å². The Bertz CT molecular complexity index is 479. The summed E-state index contributed by atoms with van der Waals surface area (Å²) in [6, 6.07) is 1.65. The maximum atomic E-state index is 12.2. The van der Waals surface area contributed by atoms with Gasteiger partial charge in [0.15, 0.2) is 0 Å². The van der Waals surface area contributed by atoms with Crippen LogP contribution in [0.15, 0.2) is 18.5 Å². The Morgan fingerprint density at radius 3 is 2.89 bits per heavy atom. The van der Waals surface area contributed by atoms with Crippen LogP contribution in [0.25, 0.3) is 0 Å². The number of methoxy groups -OCH3 is 1. The number of carbonyl (C=O) groups excluding carboxylic acids is 1. The van der Waals surface area contributed by atoms with Crippen molar-refractivity contribution in [1.29, 1.82) is 0 Å². The van der Waals surface area contributed by atoms with E-state index in [1.165, 1.54) is 13.3 Å². The van der Waals surface area contributed by atoms with Crippen LogP contribution in [0.3, 0.4) is 0 Å². The second-order valence-corrected chi connectivity index (χ2v) is 5.12. The number of aromatic nitrogens is 1. The van der Waals surface area contributed by atoms with Gasteiger partial charge in [0.1, 0.15) is 11.4 Å². The van der Waals surface area contributed by atoms with Crippen LogP contribution in [-0.4, -0.2) is 46.7 Å². The van der Waals surface area contributed by atoms with E-state index >= 15 is 0 Å². The molecule has 2 heterocycles. The maximum Gasteiger partial charge on any atom is 0.257 e. The van der Waals surface area contributed by atoms with E-state index in [9.17, 15) is 9.90 Å². The zero-order chi connectivity index (χ0) is 12.8. The molecule has 1 N–H and O–H groups in total. The molecule has 1 aliphatic heterocycles. The summed E-state index contributed by atoms with van der Waals surface area (Å²) in [5.41, 5.74) is -0.138. The minimum absolute atomic E-state index is 0.0976. The predicted molar refractivity (Wildman–Crippen MR) is 64.4 cm³/mol. The number of aliphatic hydroxyl groups is 1. The van der Waals surface area contributed by atoms with E-state index in [-0.39, 0.29) is 5.91 Å². The molecule has 0 atom stereocenters. The zero-order valence-corrected chi connectivity index (χ0v) is 10.3. The molecule has 1 saturated carbocycles. The Morgan fingerprint density at radius 1 is 1.56 bits per heavy atom. The van der Waals surface area contributed by atoms with Crippen LogP contribution in [0.5, 0.6) is 5.75 Å². The second kappa shape index (κ2) is 3.95. The number of carbonyl (C=O) groups is 1. The van der Waals surface area contributed by atoms with E-state index in [2.05, 4.69) is 4.98 Å². The molecule has 0 spiro atoms. The van der Waals surface area contributed by atoms with Gasteiger partial charge in [0.25, 0.3) is 5.91 Å². The first-order valence-corrected chi connectivity index (χ1v) is 6.14. The number of hydrogen-bond donors (Lipinski definition) is 1. The van der Waals surface area contributed by atoms with E-state index in [1.807, 2.05) is 0 Å². The number of pyridine rings is 1. The number of hydrogen-bond acceptors (Lipinski definition) is 4. The van der Waals surface area contributed by atoms with Crippen LogP contribution in [0, 0.1) is 5.92 Å². The summed E-state index contributed by atoms with van der Waals surface area (Å²) >= 11 is 0. The van der Waals surface area contributed by atoms with Gasteiger partial charge in [-0.3, -0.25) is 9.78 Å². The van der Waals surface area contributed by atoms with Gasteiger partial charge in [-0.25, -0.2) is 0 Å². The third-order valence-electron chi connectivity index (χ3n) is 3.79. The van der Waals surface area contributed by atoms with E-state index in [1.54, 1.807) is 17.2 Å². The highest BCUT2D eigenvalue weighted by atomic mass is 16.5. The maximum absolute atomic E-state index is 12.2. The lowest BCUT2D eigenvalue weighted by molar-refractivity contribution is -0.0958. The molecule has 1 aromatic heterocycles. The van der Waals surface area contributed by atoms with Crippen molar-refractivity contribution in [2.45, 2.75) is 18.4 Å². The summed E-state index contributed by atoms with van der Waals surface area (Å²) in [6.45, 7) is 0.865. The fourth-order valence-corrected chi connectivity index (χ4v) is 2.53. The molecule has 5 heteroatoms. The fourth-order valence-electron chi connectivity index (χ4n) is 2.53.